The number of nitrogens with zero attached hydrogens (tertiary/aromatic N) is 5. The van der Waals surface area contributed by atoms with Crippen molar-refractivity contribution in [3.05, 3.63) is 77.6 Å². The molecule has 2 aromatic carbocycles. The van der Waals surface area contributed by atoms with Crippen LogP contribution in [0.2, 0.25) is 0 Å². The van der Waals surface area contributed by atoms with Crippen molar-refractivity contribution < 1.29 is 19.5 Å². The highest BCUT2D eigenvalue weighted by Crippen LogP contribution is 2.20. The number of anilines is 3. The number of rotatable bonds is 12. The molecule has 0 fully saturated rings. The van der Waals surface area contributed by atoms with Crippen LogP contribution in [0.3, 0.4) is 0 Å². The summed E-state index contributed by atoms with van der Waals surface area (Å²) in [4.78, 5) is 55.5. The van der Waals surface area contributed by atoms with E-state index in [9.17, 15) is 19.5 Å². The van der Waals surface area contributed by atoms with Crippen LogP contribution >= 0.6 is 0 Å². The largest absolute Gasteiger partial charge is 0.480 e. The third kappa shape index (κ3) is 7.41. The van der Waals surface area contributed by atoms with Gasteiger partial charge in [-0.05, 0) is 56.2 Å². The van der Waals surface area contributed by atoms with Crippen molar-refractivity contribution in [1.82, 2.24) is 30.6 Å². The molecule has 0 saturated carbocycles. The average molecular weight is 558 g/mol. The summed E-state index contributed by atoms with van der Waals surface area (Å²) >= 11 is 0. The third-order valence-corrected chi connectivity index (χ3v) is 6.32. The number of hydrogen-bond acceptors (Lipinski definition) is 10. The molecule has 0 bridgehead atoms. The van der Waals surface area contributed by atoms with Gasteiger partial charge in [-0.1, -0.05) is 18.2 Å². The van der Waals surface area contributed by atoms with E-state index in [4.69, 9.17) is 11.5 Å². The number of nitrogens with two attached hydrogens (primary N) is 2. The zero-order chi connectivity index (χ0) is 29.4. The van der Waals surface area contributed by atoms with Gasteiger partial charge < -0.3 is 32.1 Å². The number of carbonyl (C=O) groups is 3. The second kappa shape index (κ2) is 13.2. The lowest BCUT2D eigenvalue weighted by atomic mass is 10.1. The van der Waals surface area contributed by atoms with Crippen LogP contribution < -0.4 is 27.0 Å². The lowest BCUT2D eigenvalue weighted by molar-refractivity contribution is -0.139. The Bertz CT molecular complexity index is 1530. The Balaban J connectivity index is 1.33. The fraction of sp³-hybridized carbons (Fsp3) is 0.250. The first kappa shape index (κ1) is 28.7. The molecule has 41 heavy (non-hydrogen) atoms. The molecule has 2 amide bonds. The highest BCUT2D eigenvalue weighted by molar-refractivity contribution is 5.97. The van der Waals surface area contributed by atoms with Crippen LogP contribution in [-0.4, -0.2) is 62.0 Å². The van der Waals surface area contributed by atoms with Gasteiger partial charge in [-0.15, -0.1) is 0 Å². The molecule has 212 valence electrons. The van der Waals surface area contributed by atoms with E-state index in [1.807, 2.05) is 17.9 Å². The van der Waals surface area contributed by atoms with Gasteiger partial charge in [0.2, 0.25) is 5.95 Å². The molecule has 0 aliphatic carbocycles. The SMILES string of the molecule is CCN(Cc1cnc2nc(N)nc(N)c2n1)c1ccc(C(=O)N[C@@H](CCCNC(=O)c2ccccc2)C(=O)O)cc1. The molecule has 2 heterocycles. The quantitative estimate of drug-likeness (QED) is 0.159. The zero-order valence-corrected chi connectivity index (χ0v) is 22.4. The molecular weight excluding hydrogens is 526 g/mol. The summed E-state index contributed by atoms with van der Waals surface area (Å²) in [6.07, 6.45) is 2.13. The average Bonchev–Trinajstić information content (AvgIpc) is 2.97. The fourth-order valence-corrected chi connectivity index (χ4v) is 4.16. The van der Waals surface area contributed by atoms with Crippen molar-refractivity contribution in [1.29, 1.82) is 0 Å². The predicted octanol–water partition coefficient (Wildman–Crippen LogP) is 2.00. The number of aromatic nitrogens is 4. The van der Waals surface area contributed by atoms with E-state index in [1.165, 1.54) is 0 Å². The van der Waals surface area contributed by atoms with Crippen LogP contribution in [0.1, 0.15) is 46.2 Å². The van der Waals surface area contributed by atoms with Crippen LogP contribution in [-0.2, 0) is 11.3 Å². The van der Waals surface area contributed by atoms with Gasteiger partial charge in [-0.2, -0.15) is 9.97 Å². The summed E-state index contributed by atoms with van der Waals surface area (Å²) in [5.74, 6) is -1.71. The summed E-state index contributed by atoms with van der Waals surface area (Å²) in [6.45, 7) is 3.31. The summed E-state index contributed by atoms with van der Waals surface area (Å²) in [7, 11) is 0. The Morgan fingerprint density at radius 1 is 0.951 bits per heavy atom. The Labute approximate surface area is 236 Å². The van der Waals surface area contributed by atoms with E-state index in [1.54, 1.807) is 54.7 Å². The molecule has 4 rings (SSSR count). The van der Waals surface area contributed by atoms with E-state index in [0.717, 1.165) is 5.69 Å². The van der Waals surface area contributed by atoms with E-state index >= 15 is 0 Å². The summed E-state index contributed by atoms with van der Waals surface area (Å²) in [6, 6.07) is 14.5. The minimum Gasteiger partial charge on any atom is -0.480 e. The molecule has 13 nitrogen and oxygen atoms in total. The molecule has 1 atom stereocenters. The van der Waals surface area contributed by atoms with Gasteiger partial charge in [0.05, 0.1) is 18.4 Å². The van der Waals surface area contributed by atoms with Gasteiger partial charge in [-0.25, -0.2) is 14.8 Å². The molecule has 0 saturated heterocycles. The maximum Gasteiger partial charge on any atom is 0.326 e. The second-order valence-electron chi connectivity index (χ2n) is 9.19. The number of carboxylic acids is 1. The predicted molar refractivity (Wildman–Crippen MR) is 154 cm³/mol. The van der Waals surface area contributed by atoms with Crippen molar-refractivity contribution in [3.63, 3.8) is 0 Å². The number of aliphatic carboxylic acids is 1. The number of amides is 2. The first-order chi connectivity index (χ1) is 19.7. The molecule has 0 aliphatic rings. The lowest BCUT2D eigenvalue weighted by Crippen LogP contribution is -2.41. The molecule has 4 aromatic rings. The van der Waals surface area contributed by atoms with Crippen molar-refractivity contribution in [2.75, 3.05) is 29.5 Å². The van der Waals surface area contributed by atoms with E-state index < -0.39 is 17.9 Å². The molecule has 0 aliphatic heterocycles. The van der Waals surface area contributed by atoms with Crippen LogP contribution in [0, 0.1) is 0 Å². The Hall–Kier alpha value is -5.33. The molecule has 0 radical (unpaired) electrons. The minimum absolute atomic E-state index is 0.0263. The molecule has 7 N–H and O–H groups in total. The fourth-order valence-electron chi connectivity index (χ4n) is 4.16. The standard InChI is InChI=1S/C28H31N9O4/c1-2-37(16-19-15-32-24-22(33-19)23(29)35-28(30)36-24)20-12-10-18(11-13-20)26(39)34-21(27(40)41)9-6-14-31-25(38)17-7-4-3-5-8-17/h3-5,7-8,10-13,15,21H,2,6,9,14,16H2,1H3,(H,31,38)(H,34,39)(H,40,41)(H4,29,30,32,35,36)/t21-/m0/s1. The summed E-state index contributed by atoms with van der Waals surface area (Å²) < 4.78 is 0. The number of fused-ring (bicyclic) bond motifs is 1. The molecule has 0 unspecified atom stereocenters. The van der Waals surface area contributed by atoms with Crippen molar-refractivity contribution >= 4 is 46.4 Å². The Kier molecular flexibility index (Phi) is 9.20. The highest BCUT2D eigenvalue weighted by Gasteiger charge is 2.21. The van der Waals surface area contributed by atoms with Crippen LogP contribution in [0.25, 0.3) is 11.2 Å². The molecular formula is C28H31N9O4. The molecule has 13 heteroatoms. The van der Waals surface area contributed by atoms with Gasteiger partial charge in [0, 0.05) is 29.9 Å². The monoisotopic (exact) mass is 557 g/mol. The number of carbonyl (C=O) groups excluding carboxylic acids is 2. The Morgan fingerprint density at radius 3 is 2.34 bits per heavy atom. The van der Waals surface area contributed by atoms with Crippen LogP contribution in [0.5, 0.6) is 0 Å². The smallest absolute Gasteiger partial charge is 0.326 e. The number of nitrogens with one attached hydrogen (secondary N) is 2. The van der Waals surface area contributed by atoms with Crippen molar-refractivity contribution in [2.24, 2.45) is 0 Å². The maximum absolute atomic E-state index is 12.8. The van der Waals surface area contributed by atoms with Gasteiger partial charge in [0.15, 0.2) is 17.0 Å². The zero-order valence-electron chi connectivity index (χ0n) is 22.4. The maximum atomic E-state index is 12.8. The van der Waals surface area contributed by atoms with Gasteiger partial charge in [0.1, 0.15) is 6.04 Å². The normalized spacial score (nSPS) is 11.5. The van der Waals surface area contributed by atoms with E-state index in [2.05, 4.69) is 30.6 Å². The van der Waals surface area contributed by atoms with Crippen molar-refractivity contribution in [2.45, 2.75) is 32.4 Å². The first-order valence-corrected chi connectivity index (χ1v) is 13.0. The summed E-state index contributed by atoms with van der Waals surface area (Å²) in [5, 5.41) is 14.9. The lowest BCUT2D eigenvalue weighted by Gasteiger charge is -2.23. The first-order valence-electron chi connectivity index (χ1n) is 13.0. The summed E-state index contributed by atoms with van der Waals surface area (Å²) in [5.41, 5.74) is 14.5. The molecule has 2 aromatic heterocycles. The minimum atomic E-state index is -1.15. The number of hydrogen-bond donors (Lipinski definition) is 5. The van der Waals surface area contributed by atoms with E-state index in [-0.39, 0.29) is 30.6 Å². The Morgan fingerprint density at radius 2 is 1.66 bits per heavy atom. The van der Waals surface area contributed by atoms with Crippen LogP contribution in [0.15, 0.2) is 60.8 Å². The van der Waals surface area contributed by atoms with Gasteiger partial charge in [-0.3, -0.25) is 9.59 Å². The number of benzene rings is 2. The topological polar surface area (TPSA) is 202 Å². The van der Waals surface area contributed by atoms with E-state index in [0.29, 0.717) is 47.5 Å². The second-order valence-corrected chi connectivity index (χ2v) is 9.19. The highest BCUT2D eigenvalue weighted by atomic mass is 16.4. The van der Waals surface area contributed by atoms with Crippen LogP contribution in [0.4, 0.5) is 17.5 Å². The third-order valence-electron chi connectivity index (χ3n) is 6.32. The van der Waals surface area contributed by atoms with Gasteiger partial charge >= 0.3 is 5.97 Å². The van der Waals surface area contributed by atoms with Gasteiger partial charge in [0.25, 0.3) is 11.8 Å². The number of nitrogen functional groups attached to an aromatic ring is 2. The number of carboxylic acid groups (broad SMARTS) is 1. The molecule has 0 spiro atoms. The van der Waals surface area contributed by atoms with Crippen molar-refractivity contribution in [3.8, 4) is 0 Å².